The molecule has 114 valence electrons. The van der Waals surface area contributed by atoms with Gasteiger partial charge in [-0.05, 0) is 30.3 Å². The third-order valence-electron chi connectivity index (χ3n) is 3.35. The molecule has 23 heavy (non-hydrogen) atoms. The fourth-order valence-corrected chi connectivity index (χ4v) is 2.98. The summed E-state index contributed by atoms with van der Waals surface area (Å²) in [6.07, 6.45) is 2.75. The van der Waals surface area contributed by atoms with Crippen molar-refractivity contribution in [3.05, 3.63) is 58.8 Å². The zero-order chi connectivity index (χ0) is 16.2. The van der Waals surface area contributed by atoms with Gasteiger partial charge in [-0.15, -0.1) is 11.3 Å². The van der Waals surface area contributed by atoms with Crippen molar-refractivity contribution in [1.29, 1.82) is 5.26 Å². The Labute approximate surface area is 136 Å². The molecule has 3 aromatic rings. The number of hydrogen-bond donors (Lipinski definition) is 0. The molecule has 1 aromatic carbocycles. The number of rotatable bonds is 5. The van der Waals surface area contributed by atoms with Crippen LogP contribution in [0.1, 0.15) is 21.3 Å². The zero-order valence-electron chi connectivity index (χ0n) is 12.2. The SMILES string of the molecule is COc1ccc(-c2csc([C@@H](C#N)C(=O)c3ccoc3)n2)cc1. The molecule has 5 nitrogen and oxygen atoms in total. The van der Waals surface area contributed by atoms with Crippen LogP contribution in [-0.2, 0) is 0 Å². The first-order valence-electron chi connectivity index (χ1n) is 6.79. The van der Waals surface area contributed by atoms with Crippen LogP contribution >= 0.6 is 11.3 Å². The number of carbonyl (C=O) groups is 1. The monoisotopic (exact) mass is 324 g/mol. The largest absolute Gasteiger partial charge is 0.497 e. The summed E-state index contributed by atoms with van der Waals surface area (Å²) in [5.74, 6) is -0.476. The van der Waals surface area contributed by atoms with Crippen LogP contribution in [0.25, 0.3) is 11.3 Å². The maximum absolute atomic E-state index is 12.3. The van der Waals surface area contributed by atoms with Crippen LogP contribution in [0.3, 0.4) is 0 Å². The van der Waals surface area contributed by atoms with Gasteiger partial charge in [0.1, 0.15) is 17.0 Å². The fourth-order valence-electron chi connectivity index (χ4n) is 2.11. The van der Waals surface area contributed by atoms with Gasteiger partial charge in [0.25, 0.3) is 0 Å². The Bertz CT molecular complexity index is 845. The molecule has 2 aromatic heterocycles. The van der Waals surface area contributed by atoms with E-state index in [1.807, 2.05) is 35.7 Å². The number of methoxy groups -OCH3 is 1. The van der Waals surface area contributed by atoms with Crippen LogP contribution in [0.4, 0.5) is 0 Å². The van der Waals surface area contributed by atoms with Crippen molar-refractivity contribution in [1.82, 2.24) is 4.98 Å². The van der Waals surface area contributed by atoms with E-state index in [1.165, 1.54) is 23.9 Å². The van der Waals surface area contributed by atoms with Crippen molar-refractivity contribution in [3.8, 4) is 23.1 Å². The minimum atomic E-state index is -0.926. The highest BCUT2D eigenvalue weighted by atomic mass is 32.1. The number of nitriles is 1. The van der Waals surface area contributed by atoms with Crippen molar-refractivity contribution in [2.45, 2.75) is 5.92 Å². The number of furan rings is 1. The Morgan fingerprint density at radius 1 is 1.35 bits per heavy atom. The summed E-state index contributed by atoms with van der Waals surface area (Å²) >= 11 is 1.30. The molecule has 6 heteroatoms. The summed E-state index contributed by atoms with van der Waals surface area (Å²) < 4.78 is 10.0. The van der Waals surface area contributed by atoms with Crippen molar-refractivity contribution in [2.75, 3.05) is 7.11 Å². The number of Topliss-reactive ketones (excluding diaryl/α,β-unsaturated/α-hetero) is 1. The second kappa shape index (κ2) is 6.46. The first-order chi connectivity index (χ1) is 11.2. The average Bonchev–Trinajstić information content (AvgIpc) is 3.27. The maximum atomic E-state index is 12.3. The number of nitrogens with zero attached hydrogens (tertiary/aromatic N) is 2. The molecule has 1 atom stereocenters. The quantitative estimate of drug-likeness (QED) is 0.665. The van der Waals surface area contributed by atoms with Crippen molar-refractivity contribution < 1.29 is 13.9 Å². The number of benzene rings is 1. The zero-order valence-corrected chi connectivity index (χ0v) is 13.0. The molecule has 0 bridgehead atoms. The van der Waals surface area contributed by atoms with Crippen LogP contribution in [0.5, 0.6) is 5.75 Å². The summed E-state index contributed by atoms with van der Waals surface area (Å²) in [4.78, 5) is 16.8. The summed E-state index contributed by atoms with van der Waals surface area (Å²) in [6, 6.07) is 11.0. The Balaban J connectivity index is 1.87. The van der Waals surface area contributed by atoms with Crippen LogP contribution in [0.2, 0.25) is 0 Å². The molecule has 0 N–H and O–H groups in total. The molecule has 0 aliphatic rings. The lowest BCUT2D eigenvalue weighted by Crippen LogP contribution is -2.10. The van der Waals surface area contributed by atoms with Crippen LogP contribution in [-0.4, -0.2) is 17.9 Å². The maximum Gasteiger partial charge on any atom is 0.190 e. The van der Waals surface area contributed by atoms with Gasteiger partial charge in [0.15, 0.2) is 11.7 Å². The Morgan fingerprint density at radius 3 is 2.74 bits per heavy atom. The number of ether oxygens (including phenoxy) is 1. The topological polar surface area (TPSA) is 76.1 Å². The normalized spacial score (nSPS) is 11.7. The van der Waals surface area contributed by atoms with Gasteiger partial charge >= 0.3 is 0 Å². The molecule has 0 saturated heterocycles. The average molecular weight is 324 g/mol. The third-order valence-corrected chi connectivity index (χ3v) is 4.26. The van der Waals surface area contributed by atoms with E-state index < -0.39 is 5.92 Å². The lowest BCUT2D eigenvalue weighted by molar-refractivity contribution is 0.0978. The lowest BCUT2D eigenvalue weighted by Gasteiger charge is -2.03. The predicted octanol–water partition coefficient (Wildman–Crippen LogP) is 3.90. The number of hydrogen-bond acceptors (Lipinski definition) is 6. The molecule has 0 aliphatic carbocycles. The standard InChI is InChI=1S/C17H12N2O3S/c1-21-13-4-2-11(3-5-13)15-10-23-17(19-15)14(8-18)16(20)12-6-7-22-9-12/h2-7,9-10,14H,1H3/t14-/m0/s1. The number of carbonyl (C=O) groups excluding carboxylic acids is 1. The first-order valence-corrected chi connectivity index (χ1v) is 7.66. The summed E-state index contributed by atoms with van der Waals surface area (Å²) in [5.41, 5.74) is 2.01. The summed E-state index contributed by atoms with van der Waals surface area (Å²) in [5, 5.41) is 11.7. The molecule has 0 unspecified atom stereocenters. The fraction of sp³-hybridized carbons (Fsp3) is 0.118. The van der Waals surface area contributed by atoms with Gasteiger partial charge in [-0.1, -0.05) is 0 Å². The molecule has 0 spiro atoms. The molecule has 0 amide bonds. The van der Waals surface area contributed by atoms with Gasteiger partial charge in [-0.3, -0.25) is 4.79 Å². The van der Waals surface area contributed by atoms with Gasteiger partial charge < -0.3 is 9.15 Å². The highest BCUT2D eigenvalue weighted by molar-refractivity contribution is 7.10. The van der Waals surface area contributed by atoms with Gasteiger partial charge in [0, 0.05) is 10.9 Å². The van der Waals surface area contributed by atoms with Crippen LogP contribution in [0.15, 0.2) is 52.7 Å². The molecule has 0 aliphatic heterocycles. The number of aromatic nitrogens is 1. The second-order valence-corrected chi connectivity index (χ2v) is 5.63. The highest BCUT2D eigenvalue weighted by Crippen LogP contribution is 2.29. The minimum Gasteiger partial charge on any atom is -0.497 e. The van der Waals surface area contributed by atoms with Crippen molar-refractivity contribution in [2.24, 2.45) is 0 Å². The van der Waals surface area contributed by atoms with E-state index in [4.69, 9.17) is 9.15 Å². The van der Waals surface area contributed by atoms with Gasteiger partial charge in [0.05, 0.1) is 30.7 Å². The molecule has 0 fully saturated rings. The van der Waals surface area contributed by atoms with Gasteiger partial charge in [-0.2, -0.15) is 5.26 Å². The van der Waals surface area contributed by atoms with E-state index in [9.17, 15) is 10.1 Å². The Morgan fingerprint density at radius 2 is 2.13 bits per heavy atom. The number of ketones is 1. The van der Waals surface area contributed by atoms with Crippen molar-refractivity contribution >= 4 is 17.1 Å². The molecule has 0 radical (unpaired) electrons. The molecular formula is C17H12N2O3S. The predicted molar refractivity (Wildman–Crippen MR) is 85.5 cm³/mol. The summed E-state index contributed by atoms with van der Waals surface area (Å²) in [6.45, 7) is 0. The van der Waals surface area contributed by atoms with E-state index in [0.29, 0.717) is 10.6 Å². The minimum absolute atomic E-state index is 0.308. The molecular weight excluding hydrogens is 312 g/mol. The Kier molecular flexibility index (Phi) is 4.22. The Hall–Kier alpha value is -2.91. The molecule has 3 rings (SSSR count). The third kappa shape index (κ3) is 3.00. The van der Waals surface area contributed by atoms with E-state index in [2.05, 4.69) is 4.98 Å². The van der Waals surface area contributed by atoms with Crippen LogP contribution in [0, 0.1) is 11.3 Å². The summed E-state index contributed by atoms with van der Waals surface area (Å²) in [7, 11) is 1.61. The van der Waals surface area contributed by atoms with Gasteiger partial charge in [0.2, 0.25) is 0 Å². The molecule has 2 heterocycles. The van der Waals surface area contributed by atoms with Gasteiger partial charge in [-0.25, -0.2) is 4.98 Å². The van der Waals surface area contributed by atoms with Crippen molar-refractivity contribution in [3.63, 3.8) is 0 Å². The first kappa shape index (κ1) is 15.0. The van der Waals surface area contributed by atoms with E-state index in [-0.39, 0.29) is 5.78 Å². The van der Waals surface area contributed by atoms with E-state index in [0.717, 1.165) is 17.0 Å². The van der Waals surface area contributed by atoms with E-state index in [1.54, 1.807) is 13.2 Å². The highest BCUT2D eigenvalue weighted by Gasteiger charge is 2.25. The molecule has 0 saturated carbocycles. The second-order valence-electron chi connectivity index (χ2n) is 4.74. The van der Waals surface area contributed by atoms with Crippen LogP contribution < -0.4 is 4.74 Å². The smallest absolute Gasteiger partial charge is 0.190 e. The lowest BCUT2D eigenvalue weighted by atomic mass is 10.0. The number of thiazole rings is 1. The van der Waals surface area contributed by atoms with E-state index >= 15 is 0 Å².